The van der Waals surface area contributed by atoms with Crippen molar-refractivity contribution in [2.45, 2.75) is 6.54 Å². The van der Waals surface area contributed by atoms with E-state index in [-0.39, 0.29) is 0 Å². The molecule has 0 atom stereocenters. The monoisotopic (exact) mass is 224 g/mol. The molecule has 0 N–H and O–H groups in total. The molecule has 0 heterocycles. The quantitative estimate of drug-likeness (QED) is 0.764. The van der Waals surface area contributed by atoms with Gasteiger partial charge in [0.2, 0.25) is 5.75 Å². The standard InChI is InChI=1S/C12H18NO3/c1-13(2)8-9-6-7-10(14-3)12(16-5)11(9)15-4/h6-7H,1,8H2,2-5H3. The Labute approximate surface area is 96.7 Å². The lowest BCUT2D eigenvalue weighted by atomic mass is 10.1. The average Bonchev–Trinajstić information content (AvgIpc) is 2.27. The first kappa shape index (κ1) is 12.6. The molecule has 0 aliphatic rings. The Morgan fingerprint density at radius 2 is 1.69 bits per heavy atom. The summed E-state index contributed by atoms with van der Waals surface area (Å²) in [6, 6.07) is 3.81. The Hall–Kier alpha value is -1.42. The van der Waals surface area contributed by atoms with Gasteiger partial charge in [0.15, 0.2) is 11.5 Å². The first-order valence-corrected chi connectivity index (χ1v) is 4.93. The van der Waals surface area contributed by atoms with Crippen molar-refractivity contribution in [3.63, 3.8) is 0 Å². The summed E-state index contributed by atoms with van der Waals surface area (Å²) in [5.41, 5.74) is 1.01. The van der Waals surface area contributed by atoms with E-state index in [1.807, 2.05) is 24.1 Å². The van der Waals surface area contributed by atoms with Gasteiger partial charge in [-0.3, -0.25) is 0 Å². The van der Waals surface area contributed by atoms with Gasteiger partial charge in [-0.05, 0) is 13.1 Å². The van der Waals surface area contributed by atoms with E-state index >= 15 is 0 Å². The molecule has 16 heavy (non-hydrogen) atoms. The van der Waals surface area contributed by atoms with E-state index in [1.165, 1.54) is 0 Å². The summed E-state index contributed by atoms with van der Waals surface area (Å²) in [6.07, 6.45) is 0. The predicted molar refractivity (Wildman–Crippen MR) is 62.9 cm³/mol. The number of methoxy groups -OCH3 is 3. The van der Waals surface area contributed by atoms with Crippen LogP contribution in [0.3, 0.4) is 0 Å². The minimum Gasteiger partial charge on any atom is -0.493 e. The van der Waals surface area contributed by atoms with Crippen LogP contribution in [-0.4, -0.2) is 33.3 Å². The lowest BCUT2D eigenvalue weighted by molar-refractivity contribution is 0.318. The molecule has 0 fully saturated rings. The maximum Gasteiger partial charge on any atom is 0.203 e. The van der Waals surface area contributed by atoms with Crippen LogP contribution in [-0.2, 0) is 6.54 Å². The lowest BCUT2D eigenvalue weighted by Gasteiger charge is -2.17. The van der Waals surface area contributed by atoms with Crippen molar-refractivity contribution in [2.75, 3.05) is 28.4 Å². The van der Waals surface area contributed by atoms with Gasteiger partial charge >= 0.3 is 0 Å². The Morgan fingerprint density at radius 3 is 2.12 bits per heavy atom. The highest BCUT2D eigenvalue weighted by Gasteiger charge is 2.15. The van der Waals surface area contributed by atoms with E-state index < -0.39 is 0 Å². The first-order chi connectivity index (χ1) is 7.63. The molecule has 0 saturated heterocycles. The molecule has 0 unspecified atom stereocenters. The summed E-state index contributed by atoms with van der Waals surface area (Å²) in [5.74, 6) is 1.97. The van der Waals surface area contributed by atoms with Crippen molar-refractivity contribution >= 4 is 0 Å². The predicted octanol–water partition coefficient (Wildman–Crippen LogP) is 1.94. The summed E-state index contributed by atoms with van der Waals surface area (Å²) >= 11 is 0. The van der Waals surface area contributed by atoms with Gasteiger partial charge in [-0.15, -0.1) is 0 Å². The van der Waals surface area contributed by atoms with E-state index in [2.05, 4.69) is 7.05 Å². The molecule has 0 aromatic heterocycles. The van der Waals surface area contributed by atoms with Crippen LogP contribution in [0, 0.1) is 7.05 Å². The summed E-state index contributed by atoms with van der Waals surface area (Å²) in [6.45, 7) is 0.684. The fourth-order valence-corrected chi connectivity index (χ4v) is 1.58. The Bertz CT molecular complexity index is 350. The van der Waals surface area contributed by atoms with Crippen molar-refractivity contribution in [3.8, 4) is 17.2 Å². The number of benzene rings is 1. The molecule has 4 nitrogen and oxygen atoms in total. The Morgan fingerprint density at radius 1 is 1.06 bits per heavy atom. The molecule has 0 spiro atoms. The van der Waals surface area contributed by atoms with Crippen molar-refractivity contribution in [1.82, 2.24) is 4.90 Å². The molecule has 0 amide bonds. The SMILES string of the molecule is [CH2]N(C)Cc1ccc(OC)c(OC)c1OC. The molecule has 1 rings (SSSR count). The second-order valence-electron chi connectivity index (χ2n) is 3.51. The van der Waals surface area contributed by atoms with E-state index in [1.54, 1.807) is 21.3 Å². The maximum atomic E-state index is 5.35. The number of nitrogens with zero attached hydrogens (tertiary/aromatic N) is 1. The zero-order valence-electron chi connectivity index (χ0n) is 10.2. The van der Waals surface area contributed by atoms with Gasteiger partial charge in [0.25, 0.3) is 0 Å². The first-order valence-electron chi connectivity index (χ1n) is 4.93. The molecule has 89 valence electrons. The zero-order valence-corrected chi connectivity index (χ0v) is 10.2. The zero-order chi connectivity index (χ0) is 12.1. The minimum atomic E-state index is 0.615. The third-order valence-corrected chi connectivity index (χ3v) is 2.23. The van der Waals surface area contributed by atoms with Gasteiger partial charge in [-0.2, -0.15) is 0 Å². The Kier molecular flexibility index (Phi) is 4.43. The van der Waals surface area contributed by atoms with Crippen molar-refractivity contribution in [2.24, 2.45) is 0 Å². The molecule has 4 heteroatoms. The molecule has 0 saturated carbocycles. The minimum absolute atomic E-state index is 0.615. The fraction of sp³-hybridized carbons (Fsp3) is 0.417. The number of hydrogen-bond donors (Lipinski definition) is 0. The largest absolute Gasteiger partial charge is 0.493 e. The van der Waals surface area contributed by atoms with Crippen molar-refractivity contribution < 1.29 is 14.2 Å². The molecule has 0 aliphatic heterocycles. The van der Waals surface area contributed by atoms with Crippen molar-refractivity contribution in [1.29, 1.82) is 0 Å². The van der Waals surface area contributed by atoms with Crippen LogP contribution in [0.1, 0.15) is 5.56 Å². The van der Waals surface area contributed by atoms with Crippen LogP contribution < -0.4 is 14.2 Å². The number of ether oxygens (including phenoxy) is 3. The summed E-state index contributed by atoms with van der Waals surface area (Å²) in [4.78, 5) is 1.82. The molecule has 0 bridgehead atoms. The van der Waals surface area contributed by atoms with Crippen molar-refractivity contribution in [3.05, 3.63) is 24.7 Å². The van der Waals surface area contributed by atoms with Crippen LogP contribution in [0.2, 0.25) is 0 Å². The topological polar surface area (TPSA) is 30.9 Å². The van der Waals surface area contributed by atoms with E-state index in [9.17, 15) is 0 Å². The van der Waals surface area contributed by atoms with Crippen LogP contribution in [0.15, 0.2) is 12.1 Å². The highest BCUT2D eigenvalue weighted by atomic mass is 16.5. The van der Waals surface area contributed by atoms with Crippen LogP contribution in [0.4, 0.5) is 0 Å². The molecule has 1 aromatic carbocycles. The summed E-state index contributed by atoms with van der Waals surface area (Å²) < 4.78 is 15.8. The Balaban J connectivity index is 3.20. The second-order valence-corrected chi connectivity index (χ2v) is 3.51. The highest BCUT2D eigenvalue weighted by molar-refractivity contribution is 5.55. The van der Waals surface area contributed by atoms with Crippen LogP contribution >= 0.6 is 0 Å². The van der Waals surface area contributed by atoms with E-state index in [0.717, 1.165) is 5.56 Å². The molecule has 0 aliphatic carbocycles. The molecular formula is C12H18NO3. The van der Waals surface area contributed by atoms with Gasteiger partial charge < -0.3 is 19.1 Å². The number of rotatable bonds is 5. The molecule has 1 aromatic rings. The smallest absolute Gasteiger partial charge is 0.203 e. The van der Waals surface area contributed by atoms with E-state index in [4.69, 9.17) is 14.2 Å². The maximum absolute atomic E-state index is 5.35. The normalized spacial score (nSPS) is 10.4. The second kappa shape index (κ2) is 5.61. The van der Waals surface area contributed by atoms with Gasteiger partial charge in [0.1, 0.15) is 0 Å². The average molecular weight is 224 g/mol. The van der Waals surface area contributed by atoms with Crippen LogP contribution in [0.25, 0.3) is 0 Å². The highest BCUT2D eigenvalue weighted by Crippen LogP contribution is 2.39. The van der Waals surface area contributed by atoms with Gasteiger partial charge in [0, 0.05) is 19.2 Å². The van der Waals surface area contributed by atoms with Gasteiger partial charge in [-0.1, -0.05) is 6.07 Å². The van der Waals surface area contributed by atoms with Gasteiger partial charge in [-0.25, -0.2) is 0 Å². The summed E-state index contributed by atoms with van der Waals surface area (Å²) in [7, 11) is 10.5. The van der Waals surface area contributed by atoms with E-state index in [0.29, 0.717) is 23.8 Å². The third kappa shape index (κ3) is 2.58. The molecule has 1 radical (unpaired) electrons. The summed E-state index contributed by atoms with van der Waals surface area (Å²) in [5, 5.41) is 0. The number of hydrogen-bond acceptors (Lipinski definition) is 4. The lowest BCUT2D eigenvalue weighted by Crippen LogP contribution is -2.09. The fourth-order valence-electron chi connectivity index (χ4n) is 1.58. The third-order valence-electron chi connectivity index (χ3n) is 2.23. The van der Waals surface area contributed by atoms with Crippen LogP contribution in [0.5, 0.6) is 17.2 Å². The van der Waals surface area contributed by atoms with Gasteiger partial charge in [0.05, 0.1) is 21.3 Å². The molecular weight excluding hydrogens is 206 g/mol.